The maximum absolute atomic E-state index is 12.7. The molecule has 0 N–H and O–H groups in total. The van der Waals surface area contributed by atoms with E-state index in [-0.39, 0.29) is 17.9 Å². The lowest BCUT2D eigenvalue weighted by Gasteiger charge is -2.34. The second-order valence-corrected chi connectivity index (χ2v) is 7.55. The summed E-state index contributed by atoms with van der Waals surface area (Å²) >= 11 is 0. The summed E-state index contributed by atoms with van der Waals surface area (Å²) in [7, 11) is 0. The Hall–Kier alpha value is -2.57. The van der Waals surface area contributed by atoms with Gasteiger partial charge in [0.05, 0.1) is 6.61 Å². The first-order chi connectivity index (χ1) is 13.5. The summed E-state index contributed by atoms with van der Waals surface area (Å²) in [4.78, 5) is 42.4. The maximum atomic E-state index is 12.7. The van der Waals surface area contributed by atoms with Crippen LogP contribution in [0.15, 0.2) is 24.3 Å². The van der Waals surface area contributed by atoms with Crippen molar-refractivity contribution in [3.63, 3.8) is 0 Å². The van der Waals surface area contributed by atoms with Gasteiger partial charge in [-0.1, -0.05) is 6.92 Å². The predicted molar refractivity (Wildman–Crippen MR) is 105 cm³/mol. The molecule has 28 heavy (non-hydrogen) atoms. The minimum atomic E-state index is -0.329. The smallest absolute Gasteiger partial charge is 0.409 e. The quantitative estimate of drug-likeness (QED) is 0.799. The van der Waals surface area contributed by atoms with Crippen LogP contribution < -0.4 is 0 Å². The van der Waals surface area contributed by atoms with Crippen LogP contribution in [-0.2, 0) is 4.74 Å². The summed E-state index contributed by atoms with van der Waals surface area (Å²) in [6.45, 7) is 7.77. The number of nitrogens with zero attached hydrogens (tertiary/aromatic N) is 3. The highest BCUT2D eigenvalue weighted by Crippen LogP contribution is 2.18. The summed E-state index contributed by atoms with van der Waals surface area (Å²) in [5.41, 5.74) is 1.19. The molecule has 152 valence electrons. The Morgan fingerprint density at radius 1 is 0.893 bits per heavy atom. The SMILES string of the molecule is CCOC(=O)N1CCN(C(=O)c2ccc(C(=O)N3CCCC(C)C3)cc2)CC1. The van der Waals surface area contributed by atoms with Gasteiger partial charge in [-0.15, -0.1) is 0 Å². The summed E-state index contributed by atoms with van der Waals surface area (Å²) in [6.07, 6.45) is 1.88. The Kier molecular flexibility index (Phi) is 6.54. The van der Waals surface area contributed by atoms with E-state index in [1.165, 1.54) is 6.42 Å². The standard InChI is InChI=1S/C21H29N3O4/c1-3-28-21(27)23-13-11-22(12-14-23)19(25)17-6-8-18(9-7-17)20(26)24-10-4-5-16(2)15-24/h6-9,16H,3-5,10-15H2,1-2H3. The molecule has 0 aliphatic carbocycles. The average Bonchev–Trinajstić information content (AvgIpc) is 2.73. The Bertz CT molecular complexity index is 711. The van der Waals surface area contributed by atoms with Crippen molar-refractivity contribution in [1.82, 2.24) is 14.7 Å². The highest BCUT2D eigenvalue weighted by Gasteiger charge is 2.26. The average molecular weight is 387 g/mol. The first-order valence-corrected chi connectivity index (χ1v) is 10.1. The fraction of sp³-hybridized carbons (Fsp3) is 0.571. The zero-order chi connectivity index (χ0) is 20.1. The molecular formula is C21H29N3O4. The number of carbonyl (C=O) groups is 3. The molecule has 1 unspecified atom stereocenters. The van der Waals surface area contributed by atoms with Crippen molar-refractivity contribution in [3.8, 4) is 0 Å². The second-order valence-electron chi connectivity index (χ2n) is 7.55. The molecule has 3 amide bonds. The summed E-state index contributed by atoms with van der Waals surface area (Å²) < 4.78 is 5.00. The third-order valence-corrected chi connectivity index (χ3v) is 5.42. The summed E-state index contributed by atoms with van der Waals surface area (Å²) in [5.74, 6) is 0.495. The molecule has 2 saturated heterocycles. The van der Waals surface area contributed by atoms with Gasteiger partial charge in [0.1, 0.15) is 0 Å². The van der Waals surface area contributed by atoms with Crippen LogP contribution in [0.25, 0.3) is 0 Å². The van der Waals surface area contributed by atoms with E-state index in [1.807, 2.05) is 4.90 Å². The number of carbonyl (C=O) groups excluding carboxylic acids is 3. The van der Waals surface area contributed by atoms with Gasteiger partial charge in [0.15, 0.2) is 0 Å². The fourth-order valence-corrected chi connectivity index (χ4v) is 3.80. The zero-order valence-corrected chi connectivity index (χ0v) is 16.7. The van der Waals surface area contributed by atoms with E-state index in [1.54, 1.807) is 41.0 Å². The van der Waals surface area contributed by atoms with Crippen molar-refractivity contribution in [2.75, 3.05) is 45.9 Å². The molecule has 7 nitrogen and oxygen atoms in total. The Morgan fingerprint density at radius 2 is 1.43 bits per heavy atom. The molecule has 1 aromatic rings. The number of likely N-dealkylation sites (tertiary alicyclic amines) is 1. The number of piperazine rings is 1. The molecule has 0 saturated carbocycles. The van der Waals surface area contributed by atoms with Crippen molar-refractivity contribution in [1.29, 1.82) is 0 Å². The minimum Gasteiger partial charge on any atom is -0.450 e. The second kappa shape index (κ2) is 9.08. The van der Waals surface area contributed by atoms with Gasteiger partial charge >= 0.3 is 6.09 Å². The van der Waals surface area contributed by atoms with E-state index in [0.717, 1.165) is 19.5 Å². The lowest BCUT2D eigenvalue weighted by molar-refractivity contribution is 0.0570. The lowest BCUT2D eigenvalue weighted by Crippen LogP contribution is -2.50. The number of piperidine rings is 1. The first-order valence-electron chi connectivity index (χ1n) is 10.1. The third-order valence-electron chi connectivity index (χ3n) is 5.42. The van der Waals surface area contributed by atoms with Crippen LogP contribution in [0.5, 0.6) is 0 Å². The van der Waals surface area contributed by atoms with Crippen LogP contribution in [0, 0.1) is 5.92 Å². The topological polar surface area (TPSA) is 70.2 Å². The molecule has 1 aromatic carbocycles. The highest BCUT2D eigenvalue weighted by atomic mass is 16.6. The molecular weight excluding hydrogens is 358 g/mol. The van der Waals surface area contributed by atoms with Crippen molar-refractivity contribution in [2.45, 2.75) is 26.7 Å². The molecule has 0 bridgehead atoms. The Balaban J connectivity index is 1.57. The number of ether oxygens (including phenoxy) is 1. The fourth-order valence-electron chi connectivity index (χ4n) is 3.80. The molecule has 2 fully saturated rings. The highest BCUT2D eigenvalue weighted by molar-refractivity contribution is 5.98. The number of hydrogen-bond donors (Lipinski definition) is 0. The van der Waals surface area contributed by atoms with Gasteiger partial charge in [-0.2, -0.15) is 0 Å². The minimum absolute atomic E-state index is 0.0357. The zero-order valence-electron chi connectivity index (χ0n) is 16.7. The maximum Gasteiger partial charge on any atom is 0.409 e. The number of rotatable bonds is 3. The van der Waals surface area contributed by atoms with Gasteiger partial charge in [0, 0.05) is 50.4 Å². The number of benzene rings is 1. The van der Waals surface area contributed by atoms with Crippen LogP contribution >= 0.6 is 0 Å². The van der Waals surface area contributed by atoms with E-state index in [4.69, 9.17) is 4.74 Å². The van der Waals surface area contributed by atoms with Gasteiger partial charge in [0.25, 0.3) is 11.8 Å². The van der Waals surface area contributed by atoms with Crippen molar-refractivity contribution in [3.05, 3.63) is 35.4 Å². The van der Waals surface area contributed by atoms with Gasteiger partial charge < -0.3 is 19.4 Å². The van der Waals surface area contributed by atoms with E-state index in [0.29, 0.717) is 49.8 Å². The van der Waals surface area contributed by atoms with Crippen molar-refractivity contribution in [2.24, 2.45) is 5.92 Å². The molecule has 2 heterocycles. The van der Waals surface area contributed by atoms with Gasteiger partial charge in [-0.25, -0.2) is 4.79 Å². The van der Waals surface area contributed by atoms with Crippen LogP contribution in [0.3, 0.4) is 0 Å². The number of amides is 3. The van der Waals surface area contributed by atoms with Gasteiger partial charge in [0.2, 0.25) is 0 Å². The molecule has 0 radical (unpaired) electrons. The lowest BCUT2D eigenvalue weighted by atomic mass is 9.99. The van der Waals surface area contributed by atoms with E-state index < -0.39 is 0 Å². The van der Waals surface area contributed by atoms with Crippen molar-refractivity contribution >= 4 is 17.9 Å². The van der Waals surface area contributed by atoms with Gasteiger partial charge in [-0.05, 0) is 49.9 Å². The van der Waals surface area contributed by atoms with Crippen LogP contribution in [-0.4, -0.2) is 78.5 Å². The van der Waals surface area contributed by atoms with Crippen LogP contribution in [0.2, 0.25) is 0 Å². The molecule has 3 rings (SSSR count). The summed E-state index contributed by atoms with van der Waals surface area (Å²) in [5, 5.41) is 0. The third kappa shape index (κ3) is 4.64. The van der Waals surface area contributed by atoms with Crippen molar-refractivity contribution < 1.29 is 19.1 Å². The molecule has 0 aromatic heterocycles. The van der Waals surface area contributed by atoms with Crippen LogP contribution in [0.1, 0.15) is 47.4 Å². The summed E-state index contributed by atoms with van der Waals surface area (Å²) in [6, 6.07) is 6.93. The van der Waals surface area contributed by atoms with E-state index >= 15 is 0 Å². The monoisotopic (exact) mass is 387 g/mol. The van der Waals surface area contributed by atoms with Gasteiger partial charge in [-0.3, -0.25) is 9.59 Å². The molecule has 2 aliphatic rings. The molecule has 2 aliphatic heterocycles. The van der Waals surface area contributed by atoms with E-state index in [2.05, 4.69) is 6.92 Å². The Morgan fingerprint density at radius 3 is 1.96 bits per heavy atom. The molecule has 7 heteroatoms. The number of hydrogen-bond acceptors (Lipinski definition) is 4. The predicted octanol–water partition coefficient (Wildman–Crippen LogP) is 2.47. The largest absolute Gasteiger partial charge is 0.450 e. The Labute approximate surface area is 166 Å². The van der Waals surface area contributed by atoms with Crippen LogP contribution in [0.4, 0.5) is 4.79 Å². The van der Waals surface area contributed by atoms with E-state index in [9.17, 15) is 14.4 Å². The first kappa shape index (κ1) is 20.2. The normalized spacial score (nSPS) is 20.1. The molecule has 1 atom stereocenters. The molecule has 0 spiro atoms.